The van der Waals surface area contributed by atoms with Crippen LogP contribution in [-0.4, -0.2) is 54.7 Å². The molecule has 1 aliphatic heterocycles. The molecule has 7 nitrogen and oxygen atoms in total. The number of benzene rings is 1. The molecule has 1 aromatic rings. The van der Waals surface area contributed by atoms with E-state index in [2.05, 4.69) is 10.6 Å². The van der Waals surface area contributed by atoms with Gasteiger partial charge in [0.1, 0.15) is 0 Å². The fourth-order valence-electron chi connectivity index (χ4n) is 2.42. The van der Waals surface area contributed by atoms with Crippen molar-refractivity contribution in [2.75, 3.05) is 31.5 Å². The van der Waals surface area contributed by atoms with Gasteiger partial charge in [0.15, 0.2) is 5.78 Å². The van der Waals surface area contributed by atoms with Crippen LogP contribution in [0.4, 0.5) is 5.69 Å². The highest BCUT2D eigenvalue weighted by Crippen LogP contribution is 2.32. The van der Waals surface area contributed by atoms with Gasteiger partial charge in [-0.3, -0.25) is 19.3 Å². The predicted octanol–water partition coefficient (Wildman–Crippen LogP) is 0.894. The second kappa shape index (κ2) is 7.94. The molecule has 0 bridgehead atoms. The van der Waals surface area contributed by atoms with Crippen LogP contribution in [0.5, 0.6) is 0 Å². The minimum absolute atomic E-state index is 0.0760. The fourth-order valence-corrected chi connectivity index (χ4v) is 3.00. The van der Waals surface area contributed by atoms with E-state index in [-0.39, 0.29) is 34.0 Å². The van der Waals surface area contributed by atoms with E-state index in [0.29, 0.717) is 25.2 Å². The Balaban J connectivity index is 2.02. The quantitative estimate of drug-likeness (QED) is 0.665. The molecule has 24 heavy (non-hydrogen) atoms. The van der Waals surface area contributed by atoms with E-state index in [0.717, 1.165) is 0 Å². The molecular weight excluding hydrogens is 355 g/mol. The topological polar surface area (TPSA) is 105 Å². The summed E-state index contributed by atoms with van der Waals surface area (Å²) in [7, 11) is 0. The largest absolute Gasteiger partial charge is 0.368 e. The summed E-state index contributed by atoms with van der Waals surface area (Å²) in [4.78, 5) is 36.6. The maximum atomic E-state index is 12.2. The van der Waals surface area contributed by atoms with Crippen molar-refractivity contribution in [2.45, 2.75) is 13.0 Å². The Morgan fingerprint density at radius 2 is 1.96 bits per heavy atom. The van der Waals surface area contributed by atoms with Gasteiger partial charge in [-0.2, -0.15) is 0 Å². The third-order valence-corrected chi connectivity index (χ3v) is 4.28. The molecule has 1 aliphatic rings. The first-order valence-electron chi connectivity index (χ1n) is 7.33. The van der Waals surface area contributed by atoms with E-state index < -0.39 is 11.9 Å². The van der Waals surface area contributed by atoms with E-state index >= 15 is 0 Å². The zero-order chi connectivity index (χ0) is 17.9. The molecule has 1 heterocycles. The smallest absolute Gasteiger partial charge is 0.238 e. The van der Waals surface area contributed by atoms with E-state index in [9.17, 15) is 14.4 Å². The third kappa shape index (κ3) is 4.67. The first-order valence-corrected chi connectivity index (χ1v) is 8.08. The number of rotatable bonds is 5. The molecule has 0 spiro atoms. The van der Waals surface area contributed by atoms with Gasteiger partial charge >= 0.3 is 0 Å². The zero-order valence-corrected chi connectivity index (χ0v) is 14.6. The summed E-state index contributed by atoms with van der Waals surface area (Å²) in [5.41, 5.74) is 5.90. The summed E-state index contributed by atoms with van der Waals surface area (Å²) in [5.74, 6) is -0.944. The van der Waals surface area contributed by atoms with Crippen LogP contribution in [0.2, 0.25) is 10.0 Å². The number of nitrogens with one attached hydrogen (secondary N) is 2. The van der Waals surface area contributed by atoms with Crippen molar-refractivity contribution in [3.63, 3.8) is 0 Å². The Morgan fingerprint density at radius 3 is 2.50 bits per heavy atom. The summed E-state index contributed by atoms with van der Waals surface area (Å²) in [6.45, 7) is 3.01. The van der Waals surface area contributed by atoms with Crippen LogP contribution in [0.25, 0.3) is 0 Å². The number of nitrogens with two attached hydrogens (primary N) is 1. The van der Waals surface area contributed by atoms with Gasteiger partial charge in [-0.1, -0.05) is 23.2 Å². The summed E-state index contributed by atoms with van der Waals surface area (Å²) >= 11 is 12.2. The average molecular weight is 373 g/mol. The van der Waals surface area contributed by atoms with Gasteiger partial charge in [0.05, 0.1) is 28.3 Å². The molecule has 0 radical (unpaired) electrons. The van der Waals surface area contributed by atoms with E-state index in [1.165, 1.54) is 19.1 Å². The molecule has 1 atom stereocenters. The van der Waals surface area contributed by atoms with E-state index in [1.807, 2.05) is 4.90 Å². The fraction of sp³-hybridized carbons (Fsp3) is 0.400. The Bertz CT molecular complexity index is 658. The number of carbonyl (C=O) groups excluding carboxylic acids is 3. The number of ketones is 1. The van der Waals surface area contributed by atoms with Crippen LogP contribution in [-0.2, 0) is 9.59 Å². The van der Waals surface area contributed by atoms with Gasteiger partial charge in [-0.25, -0.2) is 0 Å². The molecule has 4 N–H and O–H groups in total. The first-order chi connectivity index (χ1) is 11.3. The molecule has 0 saturated carbocycles. The highest BCUT2D eigenvalue weighted by molar-refractivity contribution is 6.40. The number of carbonyl (C=O) groups is 3. The number of nitrogens with zero attached hydrogens (tertiary/aromatic N) is 1. The predicted molar refractivity (Wildman–Crippen MR) is 92.5 cm³/mol. The maximum Gasteiger partial charge on any atom is 0.238 e. The molecule has 1 fully saturated rings. The lowest BCUT2D eigenvalue weighted by atomic mass is 10.1. The zero-order valence-electron chi connectivity index (χ0n) is 13.1. The Hall–Kier alpha value is -1.67. The lowest BCUT2D eigenvalue weighted by Crippen LogP contribution is -2.57. The number of hydrogen-bond acceptors (Lipinski definition) is 5. The summed E-state index contributed by atoms with van der Waals surface area (Å²) in [6, 6.07) is 2.44. The van der Waals surface area contributed by atoms with Crippen molar-refractivity contribution in [2.24, 2.45) is 5.73 Å². The molecule has 2 rings (SSSR count). The van der Waals surface area contributed by atoms with Gasteiger partial charge in [0.25, 0.3) is 0 Å². The SMILES string of the molecule is CC(=O)c1cc(Cl)c(NC(=O)CN2CCNC(C(N)=O)C2)c(Cl)c1. The summed E-state index contributed by atoms with van der Waals surface area (Å²) < 4.78 is 0. The monoisotopic (exact) mass is 372 g/mol. The molecular formula is C15H18Cl2N4O3. The minimum atomic E-state index is -0.478. The van der Waals surface area contributed by atoms with E-state index in [1.54, 1.807) is 0 Å². The molecule has 130 valence electrons. The summed E-state index contributed by atoms with van der Waals surface area (Å²) in [5, 5.41) is 6.01. The first kappa shape index (κ1) is 18.7. The minimum Gasteiger partial charge on any atom is -0.368 e. The lowest BCUT2D eigenvalue weighted by Gasteiger charge is -2.31. The molecule has 0 aromatic heterocycles. The van der Waals surface area contributed by atoms with Crippen LogP contribution >= 0.6 is 23.2 Å². The van der Waals surface area contributed by atoms with Crippen molar-refractivity contribution < 1.29 is 14.4 Å². The number of anilines is 1. The van der Waals surface area contributed by atoms with Crippen molar-refractivity contribution in [3.8, 4) is 0 Å². The number of Topliss-reactive ketones (excluding diaryl/α,β-unsaturated/α-hetero) is 1. The van der Waals surface area contributed by atoms with Crippen molar-refractivity contribution >= 4 is 46.5 Å². The van der Waals surface area contributed by atoms with Gasteiger partial charge < -0.3 is 16.4 Å². The average Bonchev–Trinajstić information content (AvgIpc) is 2.50. The molecule has 2 amide bonds. The third-order valence-electron chi connectivity index (χ3n) is 3.68. The van der Waals surface area contributed by atoms with Gasteiger partial charge in [-0.15, -0.1) is 0 Å². The number of primary amides is 1. The lowest BCUT2D eigenvalue weighted by molar-refractivity contribution is -0.123. The van der Waals surface area contributed by atoms with Crippen molar-refractivity contribution in [1.82, 2.24) is 10.2 Å². The van der Waals surface area contributed by atoms with Crippen LogP contribution in [0, 0.1) is 0 Å². The number of hydrogen-bond donors (Lipinski definition) is 3. The van der Waals surface area contributed by atoms with Crippen LogP contribution in [0.15, 0.2) is 12.1 Å². The molecule has 1 saturated heterocycles. The number of halogens is 2. The highest BCUT2D eigenvalue weighted by Gasteiger charge is 2.25. The Labute approximate surface area is 149 Å². The second-order valence-corrected chi connectivity index (χ2v) is 6.38. The maximum absolute atomic E-state index is 12.2. The number of amides is 2. The molecule has 9 heteroatoms. The van der Waals surface area contributed by atoms with Crippen molar-refractivity contribution in [3.05, 3.63) is 27.7 Å². The number of piperazine rings is 1. The standard InChI is InChI=1S/C15H18Cl2N4O3/c1-8(22)9-4-10(16)14(11(17)5-9)20-13(23)7-21-3-2-19-12(6-21)15(18)24/h4-5,12,19H,2-3,6-7H2,1H3,(H2,18,24)(H,20,23). The summed E-state index contributed by atoms with van der Waals surface area (Å²) in [6.07, 6.45) is 0. The van der Waals surface area contributed by atoms with Crippen LogP contribution in [0.3, 0.4) is 0 Å². The Kier molecular flexibility index (Phi) is 6.17. The van der Waals surface area contributed by atoms with Gasteiger partial charge in [-0.05, 0) is 19.1 Å². The van der Waals surface area contributed by atoms with Crippen LogP contribution in [0.1, 0.15) is 17.3 Å². The normalized spacial score (nSPS) is 18.2. The molecule has 1 aromatic carbocycles. The van der Waals surface area contributed by atoms with Gasteiger partial charge in [0.2, 0.25) is 11.8 Å². The highest BCUT2D eigenvalue weighted by atomic mass is 35.5. The molecule has 1 unspecified atom stereocenters. The van der Waals surface area contributed by atoms with Crippen LogP contribution < -0.4 is 16.4 Å². The van der Waals surface area contributed by atoms with Crippen molar-refractivity contribution in [1.29, 1.82) is 0 Å². The van der Waals surface area contributed by atoms with Gasteiger partial charge in [0, 0.05) is 25.2 Å². The Morgan fingerprint density at radius 1 is 1.33 bits per heavy atom. The molecule has 0 aliphatic carbocycles. The van der Waals surface area contributed by atoms with E-state index in [4.69, 9.17) is 28.9 Å². The second-order valence-electron chi connectivity index (χ2n) is 5.56.